The fourth-order valence-corrected chi connectivity index (χ4v) is 4.96. The molecule has 1 aliphatic rings. The zero-order chi connectivity index (χ0) is 20.1. The number of ether oxygens (including phenoxy) is 1. The van der Waals surface area contributed by atoms with Gasteiger partial charge in [-0.15, -0.1) is 0 Å². The third kappa shape index (κ3) is 4.91. The lowest BCUT2D eigenvalue weighted by Gasteiger charge is -2.30. The average Bonchev–Trinajstić information content (AvgIpc) is 2.69. The van der Waals surface area contributed by atoms with Crippen LogP contribution in [0.3, 0.4) is 0 Å². The molecule has 1 atom stereocenters. The first kappa shape index (κ1) is 20.4. The molecule has 7 heteroatoms. The van der Waals surface area contributed by atoms with Crippen LogP contribution in [0, 0.1) is 5.92 Å². The molecule has 6 nitrogen and oxygen atoms in total. The van der Waals surface area contributed by atoms with E-state index in [9.17, 15) is 13.2 Å². The third-order valence-corrected chi connectivity index (χ3v) is 6.80. The molecule has 0 saturated carbocycles. The van der Waals surface area contributed by atoms with E-state index in [1.54, 1.807) is 35.7 Å². The smallest absolute Gasteiger partial charge is 0.243 e. The molecule has 150 valence electrons. The van der Waals surface area contributed by atoms with E-state index >= 15 is 0 Å². The predicted octanol–water partition coefficient (Wildman–Crippen LogP) is 3.30. The zero-order valence-electron chi connectivity index (χ0n) is 16.2. The lowest BCUT2D eigenvalue weighted by molar-refractivity contribution is -0.115. The van der Waals surface area contributed by atoms with Crippen molar-refractivity contribution in [3.05, 3.63) is 54.1 Å². The Morgan fingerprint density at radius 2 is 1.82 bits per heavy atom. The van der Waals surface area contributed by atoms with Gasteiger partial charge in [0, 0.05) is 18.8 Å². The number of amides is 1. The van der Waals surface area contributed by atoms with Crippen molar-refractivity contribution in [1.29, 1.82) is 0 Å². The monoisotopic (exact) mass is 402 g/mol. The van der Waals surface area contributed by atoms with Crippen LogP contribution in [0.25, 0.3) is 0 Å². The number of sulfonamides is 1. The Morgan fingerprint density at radius 3 is 2.43 bits per heavy atom. The number of hydrogen-bond acceptors (Lipinski definition) is 4. The molecule has 0 bridgehead atoms. The molecule has 0 radical (unpaired) electrons. The fourth-order valence-electron chi connectivity index (χ4n) is 3.36. The minimum atomic E-state index is -3.49. The van der Waals surface area contributed by atoms with Gasteiger partial charge in [0.2, 0.25) is 15.9 Å². The van der Waals surface area contributed by atoms with Crippen LogP contribution in [-0.4, -0.2) is 38.8 Å². The van der Waals surface area contributed by atoms with Crippen LogP contribution in [-0.2, 0) is 21.2 Å². The Morgan fingerprint density at radius 1 is 1.14 bits per heavy atom. The molecule has 1 aliphatic heterocycles. The second-order valence-corrected chi connectivity index (χ2v) is 9.15. The van der Waals surface area contributed by atoms with Gasteiger partial charge in [-0.25, -0.2) is 8.42 Å². The molecule has 1 unspecified atom stereocenters. The van der Waals surface area contributed by atoms with Crippen LogP contribution >= 0.6 is 0 Å². The van der Waals surface area contributed by atoms with E-state index in [1.165, 1.54) is 0 Å². The number of carbonyl (C=O) groups is 1. The molecule has 2 aromatic rings. The number of carbonyl (C=O) groups excluding carboxylic acids is 1. The number of hydrogen-bond donors (Lipinski definition) is 1. The number of nitrogens with one attached hydrogen (secondary N) is 1. The molecule has 1 amide bonds. The van der Waals surface area contributed by atoms with Gasteiger partial charge in [-0.05, 0) is 60.7 Å². The highest BCUT2D eigenvalue weighted by atomic mass is 32.2. The molecule has 0 aliphatic carbocycles. The SMILES string of the molecule is COc1ccc(CC(=O)Nc2ccc(S(=O)(=O)N3CCCC(C)C3)cc2)cc1. The standard InChI is InChI=1S/C21H26N2O4S/c1-16-4-3-13-23(15-16)28(25,26)20-11-7-18(8-12-20)22-21(24)14-17-5-9-19(27-2)10-6-17/h5-12,16H,3-4,13-15H2,1-2H3,(H,22,24). The summed E-state index contributed by atoms with van der Waals surface area (Å²) in [5, 5.41) is 2.81. The van der Waals surface area contributed by atoms with Crippen LogP contribution in [0.1, 0.15) is 25.3 Å². The zero-order valence-corrected chi connectivity index (χ0v) is 17.0. The summed E-state index contributed by atoms with van der Waals surface area (Å²) in [6.07, 6.45) is 2.18. The van der Waals surface area contributed by atoms with Gasteiger partial charge in [-0.3, -0.25) is 4.79 Å². The number of anilines is 1. The highest BCUT2D eigenvalue weighted by molar-refractivity contribution is 7.89. The van der Waals surface area contributed by atoms with Crippen LogP contribution in [0.5, 0.6) is 5.75 Å². The quantitative estimate of drug-likeness (QED) is 0.804. The molecule has 0 spiro atoms. The topological polar surface area (TPSA) is 75.7 Å². The molecular weight excluding hydrogens is 376 g/mol. The molecule has 28 heavy (non-hydrogen) atoms. The highest BCUT2D eigenvalue weighted by Crippen LogP contribution is 2.24. The van der Waals surface area contributed by atoms with Crippen LogP contribution in [0.15, 0.2) is 53.4 Å². The molecule has 2 aromatic carbocycles. The number of benzene rings is 2. The van der Waals surface area contributed by atoms with E-state index in [0.29, 0.717) is 24.7 Å². The Bertz CT molecular complexity index is 908. The van der Waals surface area contributed by atoms with Crippen LogP contribution in [0.4, 0.5) is 5.69 Å². The fraction of sp³-hybridized carbons (Fsp3) is 0.381. The van der Waals surface area contributed by atoms with Gasteiger partial charge in [0.1, 0.15) is 5.75 Å². The van der Waals surface area contributed by atoms with Crippen molar-refractivity contribution >= 4 is 21.6 Å². The van der Waals surface area contributed by atoms with E-state index in [2.05, 4.69) is 12.2 Å². The van der Waals surface area contributed by atoms with E-state index in [1.807, 2.05) is 24.3 Å². The van der Waals surface area contributed by atoms with Gasteiger partial charge in [-0.1, -0.05) is 19.1 Å². The summed E-state index contributed by atoms with van der Waals surface area (Å²) in [4.78, 5) is 12.5. The van der Waals surface area contributed by atoms with E-state index in [-0.39, 0.29) is 17.2 Å². The van der Waals surface area contributed by atoms with Crippen molar-refractivity contribution < 1.29 is 17.9 Å². The average molecular weight is 403 g/mol. The maximum atomic E-state index is 12.8. The third-order valence-electron chi connectivity index (χ3n) is 4.92. The van der Waals surface area contributed by atoms with E-state index in [0.717, 1.165) is 24.2 Å². The largest absolute Gasteiger partial charge is 0.497 e. The first-order chi connectivity index (χ1) is 13.4. The Hall–Kier alpha value is -2.38. The van der Waals surface area contributed by atoms with Gasteiger partial charge >= 0.3 is 0 Å². The lowest BCUT2D eigenvalue weighted by atomic mass is 10.0. The summed E-state index contributed by atoms with van der Waals surface area (Å²) < 4.78 is 32.2. The maximum Gasteiger partial charge on any atom is 0.243 e. The van der Waals surface area contributed by atoms with Crippen molar-refractivity contribution in [3.8, 4) is 5.75 Å². The second kappa shape index (κ2) is 8.75. The Balaban J connectivity index is 1.62. The van der Waals surface area contributed by atoms with Crippen molar-refractivity contribution in [3.63, 3.8) is 0 Å². The molecule has 0 aromatic heterocycles. The van der Waals surface area contributed by atoms with Gasteiger partial charge in [0.15, 0.2) is 0 Å². The normalized spacial score (nSPS) is 17.9. The Labute approximate surface area is 166 Å². The summed E-state index contributed by atoms with van der Waals surface area (Å²) in [6.45, 7) is 3.19. The molecule has 3 rings (SSSR count). The lowest BCUT2D eigenvalue weighted by Crippen LogP contribution is -2.39. The van der Waals surface area contributed by atoms with Gasteiger partial charge in [0.05, 0.1) is 18.4 Å². The minimum absolute atomic E-state index is 0.161. The Kier molecular flexibility index (Phi) is 6.36. The van der Waals surface area contributed by atoms with Crippen molar-refractivity contribution in [1.82, 2.24) is 4.31 Å². The van der Waals surface area contributed by atoms with E-state index in [4.69, 9.17) is 4.74 Å². The molecular formula is C21H26N2O4S. The van der Waals surface area contributed by atoms with Gasteiger partial charge in [0.25, 0.3) is 0 Å². The number of methoxy groups -OCH3 is 1. The first-order valence-electron chi connectivity index (χ1n) is 9.41. The van der Waals surface area contributed by atoms with Crippen LogP contribution < -0.4 is 10.1 Å². The van der Waals surface area contributed by atoms with Crippen molar-refractivity contribution in [2.45, 2.75) is 31.1 Å². The maximum absolute atomic E-state index is 12.8. The van der Waals surface area contributed by atoms with E-state index < -0.39 is 10.0 Å². The summed E-state index contributed by atoms with van der Waals surface area (Å²) >= 11 is 0. The van der Waals surface area contributed by atoms with Gasteiger partial charge < -0.3 is 10.1 Å². The van der Waals surface area contributed by atoms with Crippen molar-refractivity contribution in [2.75, 3.05) is 25.5 Å². The van der Waals surface area contributed by atoms with Crippen LogP contribution in [0.2, 0.25) is 0 Å². The second-order valence-electron chi connectivity index (χ2n) is 7.21. The molecule has 1 heterocycles. The van der Waals surface area contributed by atoms with Gasteiger partial charge in [-0.2, -0.15) is 4.31 Å². The summed E-state index contributed by atoms with van der Waals surface area (Å²) in [5.74, 6) is 0.953. The summed E-state index contributed by atoms with van der Waals surface area (Å²) in [7, 11) is -1.89. The summed E-state index contributed by atoms with van der Waals surface area (Å²) in [6, 6.07) is 13.7. The molecule has 1 N–H and O–H groups in total. The highest BCUT2D eigenvalue weighted by Gasteiger charge is 2.28. The minimum Gasteiger partial charge on any atom is -0.497 e. The summed E-state index contributed by atoms with van der Waals surface area (Å²) in [5.41, 5.74) is 1.45. The molecule has 1 saturated heterocycles. The number of rotatable bonds is 6. The predicted molar refractivity (Wildman–Crippen MR) is 109 cm³/mol. The number of nitrogens with zero attached hydrogens (tertiary/aromatic N) is 1. The molecule has 1 fully saturated rings. The van der Waals surface area contributed by atoms with Crippen molar-refractivity contribution in [2.24, 2.45) is 5.92 Å². The first-order valence-corrected chi connectivity index (χ1v) is 10.9. The number of piperidine rings is 1.